The lowest BCUT2D eigenvalue weighted by molar-refractivity contribution is -0.115. The molecule has 1 amide bonds. The van der Waals surface area contributed by atoms with E-state index in [9.17, 15) is 9.59 Å². The number of aryl methyl sites for hydroxylation is 2. The van der Waals surface area contributed by atoms with Crippen molar-refractivity contribution in [3.8, 4) is 0 Å². The number of esters is 1. The first-order chi connectivity index (χ1) is 12.8. The molecule has 3 rings (SSSR count). The van der Waals surface area contributed by atoms with Gasteiger partial charge < -0.3 is 9.15 Å². The number of amides is 1. The van der Waals surface area contributed by atoms with Crippen LogP contribution in [0.5, 0.6) is 0 Å². The van der Waals surface area contributed by atoms with Crippen LogP contribution in [0.2, 0.25) is 5.02 Å². The van der Waals surface area contributed by atoms with Crippen LogP contribution in [0.15, 0.2) is 40.1 Å². The zero-order valence-electron chi connectivity index (χ0n) is 15.0. The SMILES string of the molecule is CC(=O)N(c1cccc(Cl)c1)c1nc(COC(=O)c2cc(C)oc2C)cs1. The van der Waals surface area contributed by atoms with Gasteiger partial charge in [-0.25, -0.2) is 9.78 Å². The summed E-state index contributed by atoms with van der Waals surface area (Å²) in [4.78, 5) is 30.2. The van der Waals surface area contributed by atoms with E-state index in [1.807, 2.05) is 0 Å². The van der Waals surface area contributed by atoms with Crippen molar-refractivity contribution in [2.45, 2.75) is 27.4 Å². The number of halogens is 1. The predicted octanol–water partition coefficient (Wildman–Crippen LogP) is 5.05. The summed E-state index contributed by atoms with van der Waals surface area (Å²) < 4.78 is 10.6. The van der Waals surface area contributed by atoms with Crippen molar-refractivity contribution in [2.24, 2.45) is 0 Å². The highest BCUT2D eigenvalue weighted by Crippen LogP contribution is 2.30. The Morgan fingerprint density at radius 2 is 2.07 bits per heavy atom. The summed E-state index contributed by atoms with van der Waals surface area (Å²) >= 11 is 7.31. The smallest absolute Gasteiger partial charge is 0.342 e. The number of carbonyl (C=O) groups is 2. The number of aromatic nitrogens is 1. The number of ether oxygens (including phenoxy) is 1. The molecule has 3 aromatic rings. The number of furan rings is 1. The number of rotatable bonds is 5. The van der Waals surface area contributed by atoms with Crippen LogP contribution in [0.25, 0.3) is 0 Å². The molecule has 0 unspecified atom stereocenters. The molecule has 0 bridgehead atoms. The second kappa shape index (κ2) is 7.94. The Balaban J connectivity index is 1.74. The Labute approximate surface area is 165 Å². The van der Waals surface area contributed by atoms with Gasteiger partial charge in [-0.05, 0) is 38.1 Å². The van der Waals surface area contributed by atoms with Crippen LogP contribution in [-0.4, -0.2) is 16.9 Å². The average molecular weight is 405 g/mol. The average Bonchev–Trinajstić information content (AvgIpc) is 3.19. The van der Waals surface area contributed by atoms with E-state index in [-0.39, 0.29) is 12.5 Å². The Morgan fingerprint density at radius 1 is 1.30 bits per heavy atom. The van der Waals surface area contributed by atoms with Crippen molar-refractivity contribution in [2.75, 3.05) is 4.90 Å². The summed E-state index contributed by atoms with van der Waals surface area (Å²) in [6, 6.07) is 8.60. The number of anilines is 2. The third-order valence-corrected chi connectivity index (χ3v) is 4.83. The maximum absolute atomic E-state index is 12.2. The molecule has 140 valence electrons. The number of hydrogen-bond donors (Lipinski definition) is 0. The molecule has 0 fully saturated rings. The predicted molar refractivity (Wildman–Crippen MR) is 104 cm³/mol. The van der Waals surface area contributed by atoms with Gasteiger partial charge in [-0.1, -0.05) is 17.7 Å². The lowest BCUT2D eigenvalue weighted by Crippen LogP contribution is -2.22. The minimum absolute atomic E-state index is 0.000289. The zero-order chi connectivity index (χ0) is 19.6. The summed E-state index contributed by atoms with van der Waals surface area (Å²) in [5, 5.41) is 2.75. The third kappa shape index (κ3) is 4.37. The molecule has 0 aliphatic rings. The first-order valence-corrected chi connectivity index (χ1v) is 9.35. The Bertz CT molecular complexity index is 995. The second-order valence-electron chi connectivity index (χ2n) is 5.86. The molecule has 1 aromatic carbocycles. The van der Waals surface area contributed by atoms with Gasteiger partial charge in [0.15, 0.2) is 5.13 Å². The molecule has 8 heteroatoms. The first-order valence-electron chi connectivity index (χ1n) is 8.10. The zero-order valence-corrected chi connectivity index (χ0v) is 16.6. The molecule has 0 aliphatic carbocycles. The molecule has 0 spiro atoms. The molecule has 6 nitrogen and oxygen atoms in total. The van der Waals surface area contributed by atoms with Gasteiger partial charge in [0.05, 0.1) is 11.4 Å². The number of carbonyl (C=O) groups excluding carboxylic acids is 2. The van der Waals surface area contributed by atoms with E-state index in [1.54, 1.807) is 49.6 Å². The minimum atomic E-state index is -0.475. The molecule has 0 aliphatic heterocycles. The lowest BCUT2D eigenvalue weighted by Gasteiger charge is -2.18. The molecule has 2 heterocycles. The Kier molecular flexibility index (Phi) is 5.62. The molecule has 2 aromatic heterocycles. The van der Waals surface area contributed by atoms with Crippen molar-refractivity contribution in [1.29, 1.82) is 0 Å². The van der Waals surface area contributed by atoms with Gasteiger partial charge in [-0.3, -0.25) is 9.69 Å². The molecular formula is C19H17ClN2O4S. The van der Waals surface area contributed by atoms with Crippen LogP contribution in [0.4, 0.5) is 10.8 Å². The quantitative estimate of drug-likeness (QED) is 0.556. The number of nitrogens with zero attached hydrogens (tertiary/aromatic N) is 2. The van der Waals surface area contributed by atoms with Gasteiger partial charge in [-0.2, -0.15) is 0 Å². The van der Waals surface area contributed by atoms with Gasteiger partial charge in [0.1, 0.15) is 23.7 Å². The highest BCUT2D eigenvalue weighted by Gasteiger charge is 2.19. The van der Waals surface area contributed by atoms with Crippen molar-refractivity contribution in [1.82, 2.24) is 4.98 Å². The monoisotopic (exact) mass is 404 g/mol. The van der Waals surface area contributed by atoms with Crippen molar-refractivity contribution >= 4 is 45.6 Å². The molecule has 0 radical (unpaired) electrons. The van der Waals surface area contributed by atoms with E-state index in [2.05, 4.69) is 4.98 Å². The van der Waals surface area contributed by atoms with Gasteiger partial charge in [0, 0.05) is 17.3 Å². The van der Waals surface area contributed by atoms with Crippen molar-refractivity contribution < 1.29 is 18.7 Å². The maximum atomic E-state index is 12.2. The third-order valence-electron chi connectivity index (χ3n) is 3.72. The summed E-state index contributed by atoms with van der Waals surface area (Å²) in [7, 11) is 0. The number of thiazole rings is 1. The van der Waals surface area contributed by atoms with Gasteiger partial charge >= 0.3 is 5.97 Å². The van der Waals surface area contributed by atoms with Gasteiger partial charge in [-0.15, -0.1) is 11.3 Å². The molecule has 0 saturated heterocycles. The number of hydrogen-bond acceptors (Lipinski definition) is 6. The maximum Gasteiger partial charge on any atom is 0.342 e. The lowest BCUT2D eigenvalue weighted by atomic mass is 10.2. The fourth-order valence-electron chi connectivity index (χ4n) is 2.56. The van der Waals surface area contributed by atoms with Crippen LogP contribution < -0.4 is 4.90 Å². The summed E-state index contributed by atoms with van der Waals surface area (Å²) in [5.74, 6) is 0.492. The molecule has 0 N–H and O–H groups in total. The normalized spacial score (nSPS) is 10.7. The van der Waals surface area contributed by atoms with Crippen LogP contribution >= 0.6 is 22.9 Å². The van der Waals surface area contributed by atoms with E-state index in [4.69, 9.17) is 20.8 Å². The van der Waals surface area contributed by atoms with E-state index >= 15 is 0 Å². The van der Waals surface area contributed by atoms with Crippen LogP contribution in [0.1, 0.15) is 34.5 Å². The fourth-order valence-corrected chi connectivity index (χ4v) is 3.61. The molecule has 0 saturated carbocycles. The first kappa shape index (κ1) is 19.1. The van der Waals surface area contributed by atoms with Crippen molar-refractivity contribution in [3.05, 3.63) is 63.5 Å². The van der Waals surface area contributed by atoms with Gasteiger partial charge in [0.25, 0.3) is 0 Å². The van der Waals surface area contributed by atoms with Gasteiger partial charge in [0.2, 0.25) is 5.91 Å². The van der Waals surface area contributed by atoms with E-state index < -0.39 is 5.97 Å². The minimum Gasteiger partial charge on any atom is -0.466 e. The number of benzene rings is 1. The topological polar surface area (TPSA) is 72.6 Å². The highest BCUT2D eigenvalue weighted by atomic mass is 35.5. The van der Waals surface area contributed by atoms with E-state index in [0.29, 0.717) is 38.6 Å². The molecule has 0 atom stereocenters. The Hall–Kier alpha value is -2.64. The molecular weight excluding hydrogens is 388 g/mol. The summed E-state index contributed by atoms with van der Waals surface area (Å²) in [6.07, 6.45) is 0. The summed E-state index contributed by atoms with van der Waals surface area (Å²) in [5.41, 5.74) is 1.57. The molecule has 27 heavy (non-hydrogen) atoms. The van der Waals surface area contributed by atoms with E-state index in [0.717, 1.165) is 0 Å². The van der Waals surface area contributed by atoms with Crippen LogP contribution in [0.3, 0.4) is 0 Å². The van der Waals surface area contributed by atoms with E-state index in [1.165, 1.54) is 23.2 Å². The van der Waals surface area contributed by atoms with Crippen LogP contribution in [-0.2, 0) is 16.1 Å². The van der Waals surface area contributed by atoms with Crippen molar-refractivity contribution in [3.63, 3.8) is 0 Å². The second-order valence-corrected chi connectivity index (χ2v) is 7.13. The Morgan fingerprint density at radius 3 is 2.70 bits per heavy atom. The largest absolute Gasteiger partial charge is 0.466 e. The van der Waals surface area contributed by atoms with Crippen LogP contribution in [0, 0.1) is 13.8 Å². The summed E-state index contributed by atoms with van der Waals surface area (Å²) in [6.45, 7) is 4.93. The fraction of sp³-hybridized carbons (Fsp3) is 0.211. The standard InChI is InChI=1S/C19H17ClN2O4S/c1-11-7-17(12(2)26-11)18(24)25-9-15-10-27-19(21-15)22(13(3)23)16-6-4-5-14(20)8-16/h4-8,10H,9H2,1-3H3. The highest BCUT2D eigenvalue weighted by molar-refractivity contribution is 7.14.